The smallest absolute Gasteiger partial charge is 0.226 e. The number of aryl methyl sites for hydroxylation is 1. The third-order valence-electron chi connectivity index (χ3n) is 5.69. The number of hydrogen-bond acceptors (Lipinski definition) is 4. The normalized spacial score (nSPS) is 21.1. The molecule has 2 aliphatic rings. The molecule has 1 aliphatic heterocycles. The van der Waals surface area contributed by atoms with Crippen LogP contribution < -0.4 is 5.32 Å². The number of ketones is 1. The van der Waals surface area contributed by atoms with Crippen LogP contribution in [0.5, 0.6) is 0 Å². The van der Waals surface area contributed by atoms with Gasteiger partial charge in [-0.05, 0) is 48.1 Å². The Labute approximate surface area is 161 Å². The Bertz CT molecular complexity index is 1100. The number of aromatic nitrogens is 3. The summed E-state index contributed by atoms with van der Waals surface area (Å²) < 4.78 is 15.1. The Morgan fingerprint density at radius 2 is 1.89 bits per heavy atom. The van der Waals surface area contributed by atoms with Crippen molar-refractivity contribution in [2.45, 2.75) is 31.7 Å². The molecular formula is C22H19FN4O. The third kappa shape index (κ3) is 2.64. The van der Waals surface area contributed by atoms with Gasteiger partial charge in [0.05, 0.1) is 0 Å². The molecule has 3 aromatic rings. The Balaban J connectivity index is 1.61. The van der Waals surface area contributed by atoms with Crippen molar-refractivity contribution < 1.29 is 9.18 Å². The van der Waals surface area contributed by atoms with Crippen LogP contribution in [0.4, 0.5) is 10.3 Å². The average molecular weight is 374 g/mol. The van der Waals surface area contributed by atoms with Crippen molar-refractivity contribution in [1.82, 2.24) is 14.8 Å². The Morgan fingerprint density at radius 1 is 1.11 bits per heavy atom. The third-order valence-corrected chi connectivity index (χ3v) is 5.69. The first-order chi connectivity index (χ1) is 13.6. The fraction of sp³-hybridized carbons (Fsp3) is 0.227. The number of carbonyl (C=O) groups excluding carboxylic acids is 1. The summed E-state index contributed by atoms with van der Waals surface area (Å²) >= 11 is 0. The molecule has 1 N–H and O–H groups in total. The number of halogens is 1. The standard InChI is InChI=1S/C22H19FN4O/c1-13-4-2-3-5-17(13)21-20-18(26-22-24-12-25-27(21)22)10-15(11-19(20)28)14-6-8-16(23)9-7-14/h2-9,12,15,21H,10-11H2,1H3,(H,24,25,26)/t15-,21+/m1/s1. The summed E-state index contributed by atoms with van der Waals surface area (Å²) in [6, 6.07) is 14.2. The van der Waals surface area contributed by atoms with Crippen LogP contribution in [0.2, 0.25) is 0 Å². The second kappa shape index (κ2) is 6.41. The van der Waals surface area contributed by atoms with Gasteiger partial charge in [-0.3, -0.25) is 4.79 Å². The highest BCUT2D eigenvalue weighted by Gasteiger charge is 2.39. The maximum atomic E-state index is 13.3. The van der Waals surface area contributed by atoms with E-state index >= 15 is 0 Å². The minimum Gasteiger partial charge on any atom is -0.328 e. The Kier molecular flexibility index (Phi) is 3.86. The number of nitrogens with one attached hydrogen (secondary N) is 1. The number of allylic oxidation sites excluding steroid dienone is 2. The monoisotopic (exact) mass is 374 g/mol. The lowest BCUT2D eigenvalue weighted by molar-refractivity contribution is -0.116. The molecule has 1 aromatic heterocycles. The molecule has 2 aromatic carbocycles. The SMILES string of the molecule is Cc1ccccc1[C@H]1C2=C(C[C@@H](c3ccc(F)cc3)CC2=O)Nc2ncnn21. The van der Waals surface area contributed by atoms with Gasteiger partial charge in [0.2, 0.25) is 5.95 Å². The summed E-state index contributed by atoms with van der Waals surface area (Å²) in [7, 11) is 0. The molecule has 0 radical (unpaired) electrons. The molecule has 2 atom stereocenters. The number of nitrogens with zero attached hydrogens (tertiary/aromatic N) is 3. The summed E-state index contributed by atoms with van der Waals surface area (Å²) in [6.07, 6.45) is 2.59. The molecule has 0 bridgehead atoms. The van der Waals surface area contributed by atoms with Crippen LogP contribution >= 0.6 is 0 Å². The van der Waals surface area contributed by atoms with E-state index in [-0.39, 0.29) is 23.6 Å². The maximum absolute atomic E-state index is 13.3. The van der Waals surface area contributed by atoms with E-state index in [4.69, 9.17) is 0 Å². The molecule has 6 heteroatoms. The van der Waals surface area contributed by atoms with Gasteiger partial charge >= 0.3 is 0 Å². The van der Waals surface area contributed by atoms with Gasteiger partial charge in [-0.1, -0.05) is 36.4 Å². The lowest BCUT2D eigenvalue weighted by Crippen LogP contribution is -2.33. The van der Waals surface area contributed by atoms with E-state index in [1.54, 1.807) is 16.8 Å². The number of hydrogen-bond donors (Lipinski definition) is 1. The predicted molar refractivity (Wildman–Crippen MR) is 103 cm³/mol. The van der Waals surface area contributed by atoms with Crippen LogP contribution in [-0.4, -0.2) is 20.5 Å². The number of Topliss-reactive ketones (excluding diaryl/α,β-unsaturated/α-hetero) is 1. The first kappa shape index (κ1) is 16.9. The topological polar surface area (TPSA) is 59.8 Å². The van der Waals surface area contributed by atoms with Gasteiger partial charge in [0.15, 0.2) is 5.78 Å². The molecule has 5 rings (SSSR count). The molecule has 28 heavy (non-hydrogen) atoms. The molecule has 0 amide bonds. The van der Waals surface area contributed by atoms with Gasteiger partial charge in [0, 0.05) is 17.7 Å². The van der Waals surface area contributed by atoms with Crippen molar-refractivity contribution in [1.29, 1.82) is 0 Å². The average Bonchev–Trinajstić information content (AvgIpc) is 3.15. The molecular weight excluding hydrogens is 355 g/mol. The zero-order chi connectivity index (χ0) is 19.3. The summed E-state index contributed by atoms with van der Waals surface area (Å²) in [4.78, 5) is 17.6. The van der Waals surface area contributed by atoms with Crippen molar-refractivity contribution in [2.24, 2.45) is 0 Å². The van der Waals surface area contributed by atoms with E-state index in [0.29, 0.717) is 18.8 Å². The zero-order valence-corrected chi connectivity index (χ0v) is 15.4. The van der Waals surface area contributed by atoms with E-state index in [2.05, 4.69) is 15.4 Å². The number of anilines is 1. The predicted octanol–water partition coefficient (Wildman–Crippen LogP) is 4.14. The van der Waals surface area contributed by atoms with Crippen LogP contribution in [0.3, 0.4) is 0 Å². The van der Waals surface area contributed by atoms with Crippen molar-refractivity contribution in [2.75, 3.05) is 5.32 Å². The molecule has 0 fully saturated rings. The van der Waals surface area contributed by atoms with Gasteiger partial charge in [-0.2, -0.15) is 10.1 Å². The molecule has 0 saturated carbocycles. The van der Waals surface area contributed by atoms with Crippen molar-refractivity contribution in [3.8, 4) is 0 Å². The molecule has 0 unspecified atom stereocenters. The molecule has 2 heterocycles. The van der Waals surface area contributed by atoms with Crippen molar-refractivity contribution in [3.63, 3.8) is 0 Å². The molecule has 0 spiro atoms. The number of fused-ring (bicyclic) bond motifs is 1. The Hall–Kier alpha value is -3.28. The molecule has 1 aliphatic carbocycles. The first-order valence-electron chi connectivity index (χ1n) is 9.35. The highest BCUT2D eigenvalue weighted by Crippen LogP contribution is 2.44. The number of rotatable bonds is 2. The van der Waals surface area contributed by atoms with Crippen LogP contribution in [0.1, 0.15) is 41.5 Å². The van der Waals surface area contributed by atoms with E-state index in [9.17, 15) is 9.18 Å². The summed E-state index contributed by atoms with van der Waals surface area (Å²) in [5.41, 5.74) is 4.78. The number of benzene rings is 2. The van der Waals surface area contributed by atoms with Gasteiger partial charge in [-0.25, -0.2) is 9.07 Å². The van der Waals surface area contributed by atoms with Crippen LogP contribution in [0.25, 0.3) is 0 Å². The highest BCUT2D eigenvalue weighted by molar-refractivity contribution is 6.00. The van der Waals surface area contributed by atoms with Gasteiger partial charge in [0.25, 0.3) is 0 Å². The van der Waals surface area contributed by atoms with E-state index in [0.717, 1.165) is 28.0 Å². The van der Waals surface area contributed by atoms with Crippen molar-refractivity contribution in [3.05, 3.63) is 88.6 Å². The summed E-state index contributed by atoms with van der Waals surface area (Å²) in [5.74, 6) is 0.484. The minimum absolute atomic E-state index is 0.0198. The second-order valence-electron chi connectivity index (χ2n) is 7.38. The molecule has 0 saturated heterocycles. The fourth-order valence-corrected chi connectivity index (χ4v) is 4.30. The van der Waals surface area contributed by atoms with E-state index in [1.165, 1.54) is 18.5 Å². The fourth-order valence-electron chi connectivity index (χ4n) is 4.30. The molecule has 140 valence electrons. The largest absolute Gasteiger partial charge is 0.328 e. The van der Waals surface area contributed by atoms with E-state index in [1.807, 2.05) is 31.2 Å². The van der Waals surface area contributed by atoms with Gasteiger partial charge < -0.3 is 5.32 Å². The number of carbonyl (C=O) groups is 1. The second-order valence-corrected chi connectivity index (χ2v) is 7.38. The van der Waals surface area contributed by atoms with Crippen LogP contribution in [-0.2, 0) is 4.79 Å². The minimum atomic E-state index is -0.281. The Morgan fingerprint density at radius 3 is 2.68 bits per heavy atom. The van der Waals surface area contributed by atoms with Crippen molar-refractivity contribution >= 4 is 11.7 Å². The quantitative estimate of drug-likeness (QED) is 0.732. The lowest BCUT2D eigenvalue weighted by atomic mass is 9.77. The summed E-state index contributed by atoms with van der Waals surface area (Å²) in [6.45, 7) is 2.04. The zero-order valence-electron chi connectivity index (χ0n) is 15.4. The molecule has 5 nitrogen and oxygen atoms in total. The van der Waals surface area contributed by atoms with E-state index < -0.39 is 0 Å². The highest BCUT2D eigenvalue weighted by atomic mass is 19.1. The van der Waals surface area contributed by atoms with Gasteiger partial charge in [-0.15, -0.1) is 0 Å². The maximum Gasteiger partial charge on any atom is 0.226 e. The summed E-state index contributed by atoms with van der Waals surface area (Å²) in [5, 5.41) is 7.70. The lowest BCUT2D eigenvalue weighted by Gasteiger charge is -2.35. The van der Waals surface area contributed by atoms with Crippen LogP contribution in [0, 0.1) is 12.7 Å². The van der Waals surface area contributed by atoms with Gasteiger partial charge in [0.1, 0.15) is 18.2 Å². The first-order valence-corrected chi connectivity index (χ1v) is 9.35. The van der Waals surface area contributed by atoms with Crippen LogP contribution in [0.15, 0.2) is 66.1 Å².